The molecule has 0 bridgehead atoms. The third kappa shape index (κ3) is 2.35. The number of nitriles is 1. The van der Waals surface area contributed by atoms with Crippen molar-refractivity contribution in [3.8, 4) is 6.07 Å². The van der Waals surface area contributed by atoms with Crippen LogP contribution in [0.4, 0.5) is 0 Å². The quantitative estimate of drug-likeness (QED) is 0.714. The lowest BCUT2D eigenvalue weighted by atomic mass is 10.4. The zero-order valence-corrected chi connectivity index (χ0v) is 8.52. The molecular formula is C8H7N5OS. The molecule has 2 aromatic heterocycles. The van der Waals surface area contributed by atoms with Crippen LogP contribution in [0, 0.1) is 11.3 Å². The van der Waals surface area contributed by atoms with Crippen molar-refractivity contribution in [2.75, 3.05) is 5.75 Å². The van der Waals surface area contributed by atoms with Gasteiger partial charge in [-0.15, -0.1) is 5.10 Å². The Bertz CT molecular complexity index is 458. The summed E-state index contributed by atoms with van der Waals surface area (Å²) in [4.78, 5) is 0. The number of aromatic nitrogens is 4. The normalized spacial score (nSPS) is 10.1. The molecule has 0 aliphatic heterocycles. The number of rotatable bonds is 4. The van der Waals surface area contributed by atoms with Crippen molar-refractivity contribution >= 4 is 11.8 Å². The van der Waals surface area contributed by atoms with Crippen molar-refractivity contribution in [1.82, 2.24) is 20.2 Å². The van der Waals surface area contributed by atoms with Crippen LogP contribution in [0.5, 0.6) is 0 Å². The van der Waals surface area contributed by atoms with Crippen LogP contribution in [0.25, 0.3) is 0 Å². The lowest BCUT2D eigenvalue weighted by Crippen LogP contribution is -2.02. The number of nitrogens with zero attached hydrogens (tertiary/aromatic N) is 5. The standard InChI is InChI=1S/C8H7N5OS/c9-3-5-15-8-10-11-12-13(8)6-7-2-1-4-14-7/h1-2,4H,5-6H2. The summed E-state index contributed by atoms with van der Waals surface area (Å²) in [6.07, 6.45) is 1.60. The van der Waals surface area contributed by atoms with Gasteiger partial charge in [0.15, 0.2) is 0 Å². The number of thioether (sulfide) groups is 1. The van der Waals surface area contributed by atoms with Gasteiger partial charge in [-0.05, 0) is 22.6 Å². The van der Waals surface area contributed by atoms with Gasteiger partial charge in [0.25, 0.3) is 0 Å². The van der Waals surface area contributed by atoms with Crippen LogP contribution in [0.1, 0.15) is 5.76 Å². The van der Waals surface area contributed by atoms with Crippen molar-refractivity contribution in [3.05, 3.63) is 24.2 Å². The minimum absolute atomic E-state index is 0.332. The highest BCUT2D eigenvalue weighted by Gasteiger charge is 2.07. The Balaban J connectivity index is 2.08. The first-order chi connectivity index (χ1) is 7.40. The molecule has 2 aromatic rings. The molecule has 15 heavy (non-hydrogen) atoms. The van der Waals surface area contributed by atoms with E-state index in [1.54, 1.807) is 10.9 Å². The van der Waals surface area contributed by atoms with Crippen LogP contribution in [0.15, 0.2) is 28.0 Å². The minimum Gasteiger partial charge on any atom is -0.467 e. The average molecular weight is 221 g/mol. The molecule has 0 saturated heterocycles. The summed E-state index contributed by atoms with van der Waals surface area (Å²) in [5.74, 6) is 1.11. The molecular weight excluding hydrogens is 214 g/mol. The van der Waals surface area contributed by atoms with Gasteiger partial charge in [0.2, 0.25) is 5.16 Å². The van der Waals surface area contributed by atoms with Crippen LogP contribution in [-0.2, 0) is 6.54 Å². The van der Waals surface area contributed by atoms with Gasteiger partial charge in [0.1, 0.15) is 12.3 Å². The van der Waals surface area contributed by atoms with Crippen LogP contribution in [0.3, 0.4) is 0 Å². The fourth-order valence-electron chi connectivity index (χ4n) is 1.05. The molecule has 2 rings (SSSR count). The monoisotopic (exact) mass is 221 g/mol. The largest absolute Gasteiger partial charge is 0.467 e. The van der Waals surface area contributed by atoms with Crippen molar-refractivity contribution < 1.29 is 4.42 Å². The maximum absolute atomic E-state index is 8.45. The van der Waals surface area contributed by atoms with E-state index in [-0.39, 0.29) is 0 Å². The maximum atomic E-state index is 8.45. The second-order valence-corrected chi connectivity index (χ2v) is 3.59. The van der Waals surface area contributed by atoms with E-state index in [2.05, 4.69) is 15.5 Å². The fourth-order valence-corrected chi connectivity index (χ4v) is 1.58. The highest BCUT2D eigenvalue weighted by Crippen LogP contribution is 2.14. The topological polar surface area (TPSA) is 80.5 Å². The van der Waals surface area contributed by atoms with Crippen LogP contribution < -0.4 is 0 Å². The van der Waals surface area contributed by atoms with E-state index >= 15 is 0 Å². The molecule has 7 heteroatoms. The van der Waals surface area contributed by atoms with E-state index in [1.165, 1.54) is 11.8 Å². The average Bonchev–Trinajstić information content (AvgIpc) is 2.87. The van der Waals surface area contributed by atoms with Crippen LogP contribution in [0.2, 0.25) is 0 Å². The van der Waals surface area contributed by atoms with Gasteiger partial charge in [-0.2, -0.15) is 5.26 Å². The minimum atomic E-state index is 0.332. The Morgan fingerprint density at radius 1 is 1.60 bits per heavy atom. The Morgan fingerprint density at radius 3 is 3.27 bits per heavy atom. The second-order valence-electron chi connectivity index (χ2n) is 2.65. The smallest absolute Gasteiger partial charge is 0.210 e. The molecule has 0 fully saturated rings. The number of hydrogen-bond acceptors (Lipinski definition) is 6. The van der Waals surface area contributed by atoms with E-state index in [9.17, 15) is 0 Å². The highest BCUT2D eigenvalue weighted by atomic mass is 32.2. The Hall–Kier alpha value is -1.81. The Kier molecular flexibility index (Phi) is 2.99. The van der Waals surface area contributed by atoms with Gasteiger partial charge >= 0.3 is 0 Å². The van der Waals surface area contributed by atoms with E-state index in [4.69, 9.17) is 9.68 Å². The molecule has 0 aromatic carbocycles. The lowest BCUT2D eigenvalue weighted by molar-refractivity contribution is 0.462. The number of tetrazole rings is 1. The predicted octanol–water partition coefficient (Wildman–Crippen LogP) is 0.930. The first-order valence-corrected chi connectivity index (χ1v) is 5.17. The maximum Gasteiger partial charge on any atom is 0.210 e. The molecule has 2 heterocycles. The van der Waals surface area contributed by atoms with Gasteiger partial charge in [0, 0.05) is 0 Å². The molecule has 0 N–H and O–H groups in total. The van der Waals surface area contributed by atoms with Crippen molar-refractivity contribution in [2.24, 2.45) is 0 Å². The summed E-state index contributed by atoms with van der Waals surface area (Å²) in [7, 11) is 0. The summed E-state index contributed by atoms with van der Waals surface area (Å²) in [5.41, 5.74) is 0. The van der Waals surface area contributed by atoms with Gasteiger partial charge < -0.3 is 4.42 Å². The molecule has 0 unspecified atom stereocenters. The number of furan rings is 1. The molecule has 0 spiro atoms. The van der Waals surface area contributed by atoms with E-state index in [0.29, 0.717) is 17.5 Å². The molecule has 0 aliphatic rings. The van der Waals surface area contributed by atoms with Gasteiger partial charge in [-0.25, -0.2) is 4.68 Å². The van der Waals surface area contributed by atoms with E-state index < -0.39 is 0 Å². The first-order valence-electron chi connectivity index (χ1n) is 4.18. The van der Waals surface area contributed by atoms with E-state index in [0.717, 1.165) is 5.76 Å². The predicted molar refractivity (Wildman–Crippen MR) is 52.0 cm³/mol. The van der Waals surface area contributed by atoms with Crippen molar-refractivity contribution in [1.29, 1.82) is 5.26 Å². The number of hydrogen-bond donors (Lipinski definition) is 0. The highest BCUT2D eigenvalue weighted by molar-refractivity contribution is 7.99. The van der Waals surface area contributed by atoms with Gasteiger partial charge in [-0.1, -0.05) is 11.8 Å². The van der Waals surface area contributed by atoms with Gasteiger partial charge in [-0.3, -0.25) is 0 Å². The SMILES string of the molecule is N#CCSc1nnnn1Cc1ccco1. The third-order valence-electron chi connectivity index (χ3n) is 1.65. The fraction of sp³-hybridized carbons (Fsp3) is 0.250. The zero-order chi connectivity index (χ0) is 10.5. The molecule has 76 valence electrons. The molecule has 0 saturated carbocycles. The summed E-state index contributed by atoms with van der Waals surface area (Å²) < 4.78 is 6.77. The summed E-state index contributed by atoms with van der Waals surface area (Å²) in [6, 6.07) is 5.68. The van der Waals surface area contributed by atoms with Crippen molar-refractivity contribution in [3.63, 3.8) is 0 Å². The summed E-state index contributed by atoms with van der Waals surface area (Å²) >= 11 is 1.30. The first kappa shape index (κ1) is 9.73. The van der Waals surface area contributed by atoms with Crippen LogP contribution in [-0.4, -0.2) is 26.0 Å². The van der Waals surface area contributed by atoms with E-state index in [1.807, 2.05) is 18.2 Å². The molecule has 0 amide bonds. The van der Waals surface area contributed by atoms with Crippen LogP contribution >= 0.6 is 11.8 Å². The molecule has 0 radical (unpaired) electrons. The molecule has 0 aliphatic carbocycles. The molecule has 0 atom stereocenters. The Labute approximate surface area is 89.9 Å². The molecule has 6 nitrogen and oxygen atoms in total. The summed E-state index contributed by atoms with van der Waals surface area (Å²) in [5, 5.41) is 20.2. The lowest BCUT2D eigenvalue weighted by Gasteiger charge is -1.99. The summed E-state index contributed by atoms with van der Waals surface area (Å²) in [6.45, 7) is 0.480. The second kappa shape index (κ2) is 4.61. The Morgan fingerprint density at radius 2 is 2.53 bits per heavy atom. The third-order valence-corrected chi connectivity index (χ3v) is 2.47. The zero-order valence-electron chi connectivity index (χ0n) is 7.70. The van der Waals surface area contributed by atoms with Gasteiger partial charge in [0.05, 0.1) is 18.1 Å². The van der Waals surface area contributed by atoms with Crippen molar-refractivity contribution in [2.45, 2.75) is 11.7 Å².